The number of carbonyl (C=O) groups is 1. The third-order valence-electron chi connectivity index (χ3n) is 2.81. The molecule has 1 aromatic rings. The Hall–Kier alpha value is -1.29. The minimum absolute atomic E-state index is 0.00352. The van der Waals surface area contributed by atoms with Crippen molar-refractivity contribution >= 4 is 5.91 Å². The van der Waals surface area contributed by atoms with Crippen LogP contribution in [0.1, 0.15) is 23.9 Å². The SMILES string of the molecule is CCN(C(=O)c1ccco1)C1CCNC1. The van der Waals surface area contributed by atoms with Crippen molar-refractivity contribution in [2.45, 2.75) is 19.4 Å². The molecule has 0 saturated carbocycles. The van der Waals surface area contributed by atoms with Crippen LogP contribution < -0.4 is 5.32 Å². The van der Waals surface area contributed by atoms with E-state index in [1.165, 1.54) is 6.26 Å². The molecule has 4 heteroatoms. The third-order valence-corrected chi connectivity index (χ3v) is 2.81. The van der Waals surface area contributed by atoms with Gasteiger partial charge in [0.1, 0.15) is 0 Å². The van der Waals surface area contributed by atoms with E-state index in [-0.39, 0.29) is 5.91 Å². The molecule has 1 N–H and O–H groups in total. The number of likely N-dealkylation sites (N-methyl/N-ethyl adjacent to an activating group) is 1. The first kappa shape index (κ1) is 10.2. The minimum atomic E-state index is -0.00352. The van der Waals surface area contributed by atoms with E-state index in [1.54, 1.807) is 12.1 Å². The summed E-state index contributed by atoms with van der Waals surface area (Å²) in [5.74, 6) is 0.431. The number of rotatable bonds is 3. The van der Waals surface area contributed by atoms with Crippen molar-refractivity contribution < 1.29 is 9.21 Å². The Kier molecular flexibility index (Phi) is 3.06. The second kappa shape index (κ2) is 4.49. The Morgan fingerprint density at radius 2 is 2.60 bits per heavy atom. The molecule has 1 unspecified atom stereocenters. The van der Waals surface area contributed by atoms with Gasteiger partial charge in [0.15, 0.2) is 5.76 Å². The molecule has 1 amide bonds. The van der Waals surface area contributed by atoms with E-state index >= 15 is 0 Å². The van der Waals surface area contributed by atoms with Crippen molar-refractivity contribution in [1.82, 2.24) is 10.2 Å². The predicted molar refractivity (Wildman–Crippen MR) is 56.7 cm³/mol. The van der Waals surface area contributed by atoms with Gasteiger partial charge in [-0.2, -0.15) is 0 Å². The van der Waals surface area contributed by atoms with Crippen LogP contribution in [-0.2, 0) is 0 Å². The van der Waals surface area contributed by atoms with Gasteiger partial charge < -0.3 is 14.6 Å². The molecule has 4 nitrogen and oxygen atoms in total. The number of nitrogens with zero attached hydrogens (tertiary/aromatic N) is 1. The summed E-state index contributed by atoms with van der Waals surface area (Å²) in [6.45, 7) is 4.61. The lowest BCUT2D eigenvalue weighted by molar-refractivity contribution is 0.0671. The molecule has 0 aromatic carbocycles. The number of furan rings is 1. The lowest BCUT2D eigenvalue weighted by Crippen LogP contribution is -2.41. The molecule has 1 saturated heterocycles. The maximum absolute atomic E-state index is 12.0. The molecule has 2 rings (SSSR count). The van der Waals surface area contributed by atoms with E-state index in [4.69, 9.17) is 4.42 Å². The molecule has 0 spiro atoms. The molecule has 2 heterocycles. The zero-order valence-electron chi connectivity index (χ0n) is 8.90. The molecule has 1 aromatic heterocycles. The van der Waals surface area contributed by atoms with Crippen LogP contribution in [0.5, 0.6) is 0 Å². The van der Waals surface area contributed by atoms with Gasteiger partial charge in [-0.25, -0.2) is 0 Å². The lowest BCUT2D eigenvalue weighted by atomic mass is 10.2. The van der Waals surface area contributed by atoms with Gasteiger partial charge in [0.05, 0.1) is 6.26 Å². The van der Waals surface area contributed by atoms with Gasteiger partial charge >= 0.3 is 0 Å². The maximum Gasteiger partial charge on any atom is 0.289 e. The van der Waals surface area contributed by atoms with Crippen molar-refractivity contribution in [3.63, 3.8) is 0 Å². The highest BCUT2D eigenvalue weighted by molar-refractivity contribution is 5.91. The van der Waals surface area contributed by atoms with Crippen molar-refractivity contribution in [3.05, 3.63) is 24.2 Å². The molecule has 1 aliphatic rings. The second-order valence-corrected chi connectivity index (χ2v) is 3.72. The summed E-state index contributed by atoms with van der Waals surface area (Å²) in [7, 11) is 0. The predicted octanol–water partition coefficient (Wildman–Crippen LogP) is 1.10. The van der Waals surface area contributed by atoms with Crippen LogP contribution in [0.3, 0.4) is 0 Å². The monoisotopic (exact) mass is 208 g/mol. The Balaban J connectivity index is 2.09. The molecule has 82 valence electrons. The van der Waals surface area contributed by atoms with Crippen LogP contribution in [0, 0.1) is 0 Å². The number of hydrogen-bond acceptors (Lipinski definition) is 3. The molecule has 0 aliphatic carbocycles. The maximum atomic E-state index is 12.0. The number of hydrogen-bond donors (Lipinski definition) is 1. The van der Waals surface area contributed by atoms with E-state index in [1.807, 2.05) is 11.8 Å². The number of carbonyl (C=O) groups excluding carboxylic acids is 1. The summed E-state index contributed by atoms with van der Waals surface area (Å²) < 4.78 is 5.13. The first-order chi connectivity index (χ1) is 7.33. The third kappa shape index (κ3) is 2.04. The second-order valence-electron chi connectivity index (χ2n) is 3.72. The van der Waals surface area contributed by atoms with E-state index in [0.717, 1.165) is 26.1 Å². The number of nitrogens with one attached hydrogen (secondary N) is 1. The summed E-state index contributed by atoms with van der Waals surface area (Å²) in [4.78, 5) is 13.9. The van der Waals surface area contributed by atoms with Gasteiger partial charge in [-0.3, -0.25) is 4.79 Å². The van der Waals surface area contributed by atoms with Crippen molar-refractivity contribution in [2.75, 3.05) is 19.6 Å². The van der Waals surface area contributed by atoms with Gasteiger partial charge in [0.25, 0.3) is 5.91 Å². The summed E-state index contributed by atoms with van der Waals surface area (Å²) in [6, 6.07) is 3.77. The molecule has 1 aliphatic heterocycles. The zero-order valence-corrected chi connectivity index (χ0v) is 8.90. The molecular formula is C11H16N2O2. The minimum Gasteiger partial charge on any atom is -0.459 e. The molecule has 1 fully saturated rings. The quantitative estimate of drug-likeness (QED) is 0.809. The first-order valence-electron chi connectivity index (χ1n) is 5.38. The topological polar surface area (TPSA) is 45.5 Å². The first-order valence-corrected chi connectivity index (χ1v) is 5.38. The molecule has 0 bridgehead atoms. The average molecular weight is 208 g/mol. The van der Waals surface area contributed by atoms with E-state index in [0.29, 0.717) is 11.8 Å². The summed E-state index contributed by atoms with van der Waals surface area (Å²) >= 11 is 0. The van der Waals surface area contributed by atoms with E-state index < -0.39 is 0 Å². The van der Waals surface area contributed by atoms with Crippen LogP contribution >= 0.6 is 0 Å². The van der Waals surface area contributed by atoms with Crippen LogP contribution in [0.2, 0.25) is 0 Å². The fraction of sp³-hybridized carbons (Fsp3) is 0.545. The Morgan fingerprint density at radius 3 is 3.13 bits per heavy atom. The molecule has 0 radical (unpaired) electrons. The zero-order chi connectivity index (χ0) is 10.7. The summed E-state index contributed by atoms with van der Waals surface area (Å²) in [5, 5.41) is 3.26. The highest BCUT2D eigenvalue weighted by atomic mass is 16.3. The standard InChI is InChI=1S/C11H16N2O2/c1-2-13(9-5-6-12-8-9)11(14)10-4-3-7-15-10/h3-4,7,9,12H,2,5-6,8H2,1H3. The largest absolute Gasteiger partial charge is 0.459 e. The fourth-order valence-corrected chi connectivity index (χ4v) is 2.01. The number of amides is 1. The van der Waals surface area contributed by atoms with Crippen molar-refractivity contribution in [2.24, 2.45) is 0 Å². The average Bonchev–Trinajstić information content (AvgIpc) is 2.91. The lowest BCUT2D eigenvalue weighted by Gasteiger charge is -2.26. The Labute approximate surface area is 89.2 Å². The van der Waals surface area contributed by atoms with Crippen LogP contribution in [0.15, 0.2) is 22.8 Å². The highest BCUT2D eigenvalue weighted by Crippen LogP contribution is 2.13. The van der Waals surface area contributed by atoms with Gasteiger partial charge in [-0.05, 0) is 32.0 Å². The van der Waals surface area contributed by atoms with Crippen molar-refractivity contribution in [1.29, 1.82) is 0 Å². The van der Waals surface area contributed by atoms with Gasteiger partial charge in [0.2, 0.25) is 0 Å². The van der Waals surface area contributed by atoms with Gasteiger partial charge in [-0.1, -0.05) is 0 Å². The summed E-state index contributed by atoms with van der Waals surface area (Å²) in [6.07, 6.45) is 2.56. The van der Waals surface area contributed by atoms with Gasteiger partial charge in [0, 0.05) is 19.1 Å². The van der Waals surface area contributed by atoms with Crippen LogP contribution in [-0.4, -0.2) is 36.5 Å². The van der Waals surface area contributed by atoms with Crippen LogP contribution in [0.25, 0.3) is 0 Å². The molecule has 15 heavy (non-hydrogen) atoms. The Bertz CT molecular complexity index is 315. The highest BCUT2D eigenvalue weighted by Gasteiger charge is 2.27. The van der Waals surface area contributed by atoms with E-state index in [2.05, 4.69) is 5.32 Å². The van der Waals surface area contributed by atoms with Gasteiger partial charge in [-0.15, -0.1) is 0 Å². The van der Waals surface area contributed by atoms with Crippen molar-refractivity contribution in [3.8, 4) is 0 Å². The smallest absolute Gasteiger partial charge is 0.289 e. The normalized spacial score (nSPS) is 20.5. The van der Waals surface area contributed by atoms with Crippen LogP contribution in [0.4, 0.5) is 0 Å². The van der Waals surface area contributed by atoms with E-state index in [9.17, 15) is 4.79 Å². The molecular weight excluding hydrogens is 192 g/mol. The summed E-state index contributed by atoms with van der Waals surface area (Å²) in [5.41, 5.74) is 0. The molecule has 1 atom stereocenters. The Morgan fingerprint density at radius 1 is 1.73 bits per heavy atom. The fourth-order valence-electron chi connectivity index (χ4n) is 2.01.